The van der Waals surface area contributed by atoms with Crippen molar-refractivity contribution in [1.82, 2.24) is 4.98 Å². The average Bonchev–Trinajstić information content (AvgIpc) is 2.38. The third-order valence-electron chi connectivity index (χ3n) is 2.77. The lowest BCUT2D eigenvalue weighted by atomic mass is 10.00. The minimum atomic E-state index is -0.472. The molecule has 96 valence electrons. The first-order valence-corrected chi connectivity index (χ1v) is 5.58. The first-order chi connectivity index (χ1) is 9.06. The number of phenolic OH excluding ortho intramolecular Hbond substituents is 1. The van der Waals surface area contributed by atoms with Crippen LogP contribution in [0.1, 0.15) is 11.3 Å². The summed E-state index contributed by atoms with van der Waals surface area (Å²) in [5, 5.41) is 19.0. The van der Waals surface area contributed by atoms with Gasteiger partial charge in [0.25, 0.3) is 5.56 Å². The predicted octanol–water partition coefficient (Wildman–Crippen LogP) is 1.94. The SMILES string of the molecule is COc1ccc(O)c(-c2cc(C)[nH]c(=O)c2C#N)c1. The number of rotatable bonds is 2. The van der Waals surface area contributed by atoms with Gasteiger partial charge >= 0.3 is 0 Å². The van der Waals surface area contributed by atoms with Crippen LogP contribution in [0.2, 0.25) is 0 Å². The Morgan fingerprint density at radius 2 is 2.05 bits per heavy atom. The third kappa shape index (κ3) is 2.29. The van der Waals surface area contributed by atoms with Crippen LogP contribution >= 0.6 is 0 Å². The molecule has 0 atom stereocenters. The van der Waals surface area contributed by atoms with Gasteiger partial charge in [0.15, 0.2) is 0 Å². The van der Waals surface area contributed by atoms with Crippen LogP contribution in [0.25, 0.3) is 11.1 Å². The van der Waals surface area contributed by atoms with E-state index < -0.39 is 5.56 Å². The number of nitrogens with one attached hydrogen (secondary N) is 1. The van der Waals surface area contributed by atoms with E-state index >= 15 is 0 Å². The van der Waals surface area contributed by atoms with E-state index in [0.29, 0.717) is 22.6 Å². The molecule has 2 aromatic rings. The number of hydrogen-bond donors (Lipinski definition) is 2. The fourth-order valence-corrected chi connectivity index (χ4v) is 1.87. The minimum Gasteiger partial charge on any atom is -0.507 e. The van der Waals surface area contributed by atoms with Crippen LogP contribution in [0.5, 0.6) is 11.5 Å². The zero-order valence-corrected chi connectivity index (χ0v) is 10.5. The van der Waals surface area contributed by atoms with E-state index in [-0.39, 0.29) is 11.3 Å². The van der Waals surface area contributed by atoms with Crippen LogP contribution in [-0.2, 0) is 0 Å². The van der Waals surface area contributed by atoms with Gasteiger partial charge in [0, 0.05) is 16.8 Å². The van der Waals surface area contributed by atoms with Gasteiger partial charge in [0.1, 0.15) is 23.1 Å². The van der Waals surface area contributed by atoms with E-state index in [2.05, 4.69) is 4.98 Å². The number of aryl methyl sites for hydroxylation is 1. The van der Waals surface area contributed by atoms with Crippen molar-refractivity contribution in [3.63, 3.8) is 0 Å². The fourth-order valence-electron chi connectivity index (χ4n) is 1.87. The smallest absolute Gasteiger partial charge is 0.266 e. The van der Waals surface area contributed by atoms with E-state index in [4.69, 9.17) is 10.00 Å². The standard InChI is InChI=1S/C14H12N2O3/c1-8-5-10(12(7-15)14(18)16-8)11-6-9(19-2)3-4-13(11)17/h3-6,17H,1-2H3,(H,16,18). The Hall–Kier alpha value is -2.74. The minimum absolute atomic E-state index is 0.0118. The Balaban J connectivity index is 2.79. The topological polar surface area (TPSA) is 86.1 Å². The number of aromatic nitrogens is 1. The zero-order chi connectivity index (χ0) is 14.0. The van der Waals surface area contributed by atoms with Crippen molar-refractivity contribution in [2.45, 2.75) is 6.92 Å². The van der Waals surface area contributed by atoms with Crippen molar-refractivity contribution >= 4 is 0 Å². The summed E-state index contributed by atoms with van der Waals surface area (Å²) in [5.74, 6) is 0.525. The van der Waals surface area contributed by atoms with E-state index in [9.17, 15) is 9.90 Å². The Morgan fingerprint density at radius 3 is 2.68 bits per heavy atom. The number of benzene rings is 1. The Labute approximate surface area is 109 Å². The van der Waals surface area contributed by atoms with Crippen LogP contribution in [-0.4, -0.2) is 17.2 Å². The molecule has 0 aliphatic carbocycles. The number of nitrogens with zero attached hydrogens (tertiary/aromatic N) is 1. The lowest BCUT2D eigenvalue weighted by Crippen LogP contribution is -2.12. The molecule has 0 aliphatic rings. The first kappa shape index (κ1) is 12.7. The van der Waals surface area contributed by atoms with Crippen molar-refractivity contribution in [2.24, 2.45) is 0 Å². The maximum atomic E-state index is 11.7. The van der Waals surface area contributed by atoms with Gasteiger partial charge in [-0.15, -0.1) is 0 Å². The summed E-state index contributed by atoms with van der Waals surface area (Å²) in [5.41, 5.74) is 0.889. The van der Waals surface area contributed by atoms with Gasteiger partial charge < -0.3 is 14.8 Å². The maximum Gasteiger partial charge on any atom is 0.266 e. The molecule has 0 fully saturated rings. The van der Waals surface area contributed by atoms with Crippen LogP contribution in [0.3, 0.4) is 0 Å². The van der Waals surface area contributed by atoms with Gasteiger partial charge in [0.05, 0.1) is 7.11 Å². The number of nitriles is 1. The molecular weight excluding hydrogens is 244 g/mol. The van der Waals surface area contributed by atoms with Crippen LogP contribution in [0, 0.1) is 18.3 Å². The van der Waals surface area contributed by atoms with Crippen LogP contribution in [0.4, 0.5) is 0 Å². The molecule has 0 bridgehead atoms. The lowest BCUT2D eigenvalue weighted by molar-refractivity contribution is 0.412. The van der Waals surface area contributed by atoms with E-state index in [1.54, 1.807) is 25.1 Å². The fraction of sp³-hybridized carbons (Fsp3) is 0.143. The van der Waals surface area contributed by atoms with Crippen LogP contribution in [0.15, 0.2) is 29.1 Å². The molecule has 0 amide bonds. The molecule has 0 radical (unpaired) electrons. The van der Waals surface area contributed by atoms with Crippen LogP contribution < -0.4 is 10.3 Å². The number of phenols is 1. The number of aromatic amines is 1. The quantitative estimate of drug-likeness (QED) is 0.859. The monoisotopic (exact) mass is 256 g/mol. The highest BCUT2D eigenvalue weighted by Crippen LogP contribution is 2.33. The summed E-state index contributed by atoms with van der Waals surface area (Å²) in [6.45, 7) is 1.71. The van der Waals surface area contributed by atoms with Crippen molar-refractivity contribution in [2.75, 3.05) is 7.11 Å². The summed E-state index contributed by atoms with van der Waals surface area (Å²) >= 11 is 0. The number of aromatic hydroxyl groups is 1. The second-order valence-corrected chi connectivity index (χ2v) is 4.07. The Bertz CT molecular complexity index is 726. The largest absolute Gasteiger partial charge is 0.507 e. The molecular formula is C14H12N2O3. The summed E-state index contributed by atoms with van der Waals surface area (Å²) < 4.78 is 5.09. The molecule has 2 N–H and O–H groups in total. The Kier molecular flexibility index (Phi) is 3.25. The highest BCUT2D eigenvalue weighted by atomic mass is 16.5. The number of ether oxygens (including phenoxy) is 1. The molecule has 5 heteroatoms. The predicted molar refractivity (Wildman–Crippen MR) is 70.2 cm³/mol. The van der Waals surface area contributed by atoms with Gasteiger partial charge in [-0.05, 0) is 31.2 Å². The maximum absolute atomic E-state index is 11.7. The highest BCUT2D eigenvalue weighted by molar-refractivity contribution is 5.76. The molecule has 0 aliphatic heterocycles. The highest BCUT2D eigenvalue weighted by Gasteiger charge is 2.14. The van der Waals surface area contributed by atoms with Crippen molar-refractivity contribution < 1.29 is 9.84 Å². The number of methoxy groups -OCH3 is 1. The molecule has 1 aromatic carbocycles. The third-order valence-corrected chi connectivity index (χ3v) is 2.77. The number of pyridine rings is 1. The zero-order valence-electron chi connectivity index (χ0n) is 10.5. The second-order valence-electron chi connectivity index (χ2n) is 4.07. The van der Waals surface area contributed by atoms with Crippen molar-refractivity contribution in [3.8, 4) is 28.7 Å². The van der Waals surface area contributed by atoms with Gasteiger partial charge in [-0.3, -0.25) is 4.79 Å². The van der Waals surface area contributed by atoms with E-state index in [1.807, 2.05) is 6.07 Å². The molecule has 0 saturated carbocycles. The average molecular weight is 256 g/mol. The summed E-state index contributed by atoms with van der Waals surface area (Å²) in [6.07, 6.45) is 0. The van der Waals surface area contributed by atoms with E-state index in [0.717, 1.165) is 0 Å². The van der Waals surface area contributed by atoms with Crippen molar-refractivity contribution in [3.05, 3.63) is 45.9 Å². The van der Waals surface area contributed by atoms with Crippen molar-refractivity contribution in [1.29, 1.82) is 5.26 Å². The molecule has 1 heterocycles. The molecule has 0 saturated heterocycles. The molecule has 19 heavy (non-hydrogen) atoms. The molecule has 1 aromatic heterocycles. The number of hydrogen-bond acceptors (Lipinski definition) is 4. The summed E-state index contributed by atoms with van der Waals surface area (Å²) in [4.78, 5) is 14.3. The van der Waals surface area contributed by atoms with Gasteiger partial charge in [-0.25, -0.2) is 0 Å². The normalized spacial score (nSPS) is 9.95. The van der Waals surface area contributed by atoms with Gasteiger partial charge in [-0.2, -0.15) is 5.26 Å². The number of H-pyrrole nitrogens is 1. The second kappa shape index (κ2) is 4.86. The molecule has 0 spiro atoms. The Morgan fingerprint density at radius 1 is 1.32 bits per heavy atom. The molecule has 2 rings (SSSR count). The van der Waals surface area contributed by atoms with E-state index in [1.165, 1.54) is 13.2 Å². The van der Waals surface area contributed by atoms with Gasteiger partial charge in [0.2, 0.25) is 0 Å². The lowest BCUT2D eigenvalue weighted by Gasteiger charge is -2.09. The summed E-state index contributed by atoms with van der Waals surface area (Å²) in [7, 11) is 1.50. The van der Waals surface area contributed by atoms with Gasteiger partial charge in [-0.1, -0.05) is 0 Å². The molecule has 0 unspecified atom stereocenters. The summed E-state index contributed by atoms with van der Waals surface area (Å²) in [6, 6.07) is 8.16. The first-order valence-electron chi connectivity index (χ1n) is 5.58. The molecule has 5 nitrogen and oxygen atoms in total.